The van der Waals surface area contributed by atoms with Crippen molar-refractivity contribution >= 4 is 35.5 Å². The highest BCUT2D eigenvalue weighted by atomic mass is 32.2. The Bertz CT molecular complexity index is 481. The summed E-state index contributed by atoms with van der Waals surface area (Å²) in [5.74, 6) is 1.16. The third-order valence-electron chi connectivity index (χ3n) is 2.25. The van der Waals surface area contributed by atoms with E-state index in [9.17, 15) is 20.2 Å². The summed E-state index contributed by atoms with van der Waals surface area (Å²) in [6, 6.07) is 3.00. The van der Waals surface area contributed by atoms with Gasteiger partial charge in [0.15, 0.2) is 0 Å². The molecule has 0 atom stereocenters. The zero-order chi connectivity index (χ0) is 15.8. The van der Waals surface area contributed by atoms with Crippen molar-refractivity contribution in [3.63, 3.8) is 0 Å². The van der Waals surface area contributed by atoms with Crippen molar-refractivity contribution in [1.82, 2.24) is 0 Å². The topological polar surface area (TPSA) is 136 Å². The van der Waals surface area contributed by atoms with E-state index in [1.165, 1.54) is 36.2 Å². The standard InChI is InChI=1S/C6H2N2O4.C4H10O3S2/c9-7(10)5-3-1-2-4(3)6(5)8(11)12;5-1-3-8-7-9-4-2-6/h1-2H;5-6H,1-4H2. The molecule has 2 aliphatic rings. The average molecular weight is 336 g/mol. The molecular weight excluding hydrogens is 324 g/mol. The highest BCUT2D eigenvalue weighted by Crippen LogP contribution is 2.53. The molecule has 9 nitrogen and oxygen atoms in total. The third-order valence-corrected chi connectivity index (χ3v) is 3.72. The van der Waals surface area contributed by atoms with E-state index in [0.29, 0.717) is 22.6 Å². The molecule has 2 N–H and O–H groups in total. The quantitative estimate of drug-likeness (QED) is 0.320. The van der Waals surface area contributed by atoms with Gasteiger partial charge in [0.25, 0.3) is 0 Å². The first-order chi connectivity index (χ1) is 10.0. The number of aliphatic hydroxyl groups excluding tert-OH is 2. The number of hydrogen-bond donors (Lipinski definition) is 2. The van der Waals surface area contributed by atoms with Crippen LogP contribution >= 0.6 is 24.1 Å². The maximum absolute atomic E-state index is 10.3. The van der Waals surface area contributed by atoms with Gasteiger partial charge in [-0.05, 0) is 12.1 Å². The van der Waals surface area contributed by atoms with E-state index in [2.05, 4.69) is 0 Å². The lowest BCUT2D eigenvalue weighted by Gasteiger charge is -2.14. The number of fused-ring (bicyclic) bond motifs is 1. The van der Waals surface area contributed by atoms with Gasteiger partial charge in [0.2, 0.25) is 0 Å². The van der Waals surface area contributed by atoms with Gasteiger partial charge in [-0.25, -0.2) is 3.63 Å². The van der Waals surface area contributed by atoms with Gasteiger partial charge in [-0.2, -0.15) is 0 Å². The number of aliphatic hydroxyl groups is 2. The van der Waals surface area contributed by atoms with E-state index in [4.69, 9.17) is 13.8 Å². The first-order valence-electron chi connectivity index (χ1n) is 5.63. The summed E-state index contributed by atoms with van der Waals surface area (Å²) in [6.45, 7) is 0.259. The summed E-state index contributed by atoms with van der Waals surface area (Å²) in [4.78, 5) is 19.1. The Balaban J connectivity index is 0.000000222. The van der Waals surface area contributed by atoms with E-state index in [0.717, 1.165) is 0 Å². The van der Waals surface area contributed by atoms with Crippen LogP contribution in [0.15, 0.2) is 12.1 Å². The number of rotatable bonds is 8. The summed E-state index contributed by atoms with van der Waals surface area (Å²) in [7, 11) is 0. The van der Waals surface area contributed by atoms with Crippen LogP contribution in [0.1, 0.15) is 0 Å². The van der Waals surface area contributed by atoms with Crippen LogP contribution in [0.3, 0.4) is 0 Å². The largest absolute Gasteiger partial charge is 0.395 e. The Morgan fingerprint density at radius 3 is 1.57 bits per heavy atom. The van der Waals surface area contributed by atoms with Crippen LogP contribution in [0.4, 0.5) is 11.4 Å². The highest BCUT2D eigenvalue weighted by molar-refractivity contribution is 8.07. The predicted octanol–water partition coefficient (Wildman–Crippen LogP) is 1.77. The van der Waals surface area contributed by atoms with Gasteiger partial charge in [0.1, 0.15) is 0 Å². The molecule has 0 radical (unpaired) electrons. The lowest BCUT2D eigenvalue weighted by Crippen LogP contribution is -2.08. The van der Waals surface area contributed by atoms with Gasteiger partial charge < -0.3 is 10.2 Å². The Labute approximate surface area is 128 Å². The van der Waals surface area contributed by atoms with Gasteiger partial charge in [-0.1, -0.05) is 0 Å². The van der Waals surface area contributed by atoms with Crippen molar-refractivity contribution in [1.29, 1.82) is 0 Å². The van der Waals surface area contributed by atoms with Crippen LogP contribution in [0, 0.1) is 20.2 Å². The van der Waals surface area contributed by atoms with Gasteiger partial charge >= 0.3 is 11.4 Å². The minimum absolute atomic E-state index is 0.129. The molecule has 0 spiro atoms. The van der Waals surface area contributed by atoms with Crippen LogP contribution in [0.5, 0.6) is 0 Å². The molecule has 0 aromatic rings. The van der Waals surface area contributed by atoms with E-state index in [-0.39, 0.29) is 24.6 Å². The van der Waals surface area contributed by atoms with Crippen LogP contribution in [0.25, 0.3) is 11.1 Å². The summed E-state index contributed by atoms with van der Waals surface area (Å²) < 4.78 is 4.83. The molecule has 0 bridgehead atoms. The zero-order valence-electron chi connectivity index (χ0n) is 10.6. The lowest BCUT2D eigenvalue weighted by atomic mass is 9.88. The first-order valence-corrected chi connectivity index (χ1v) is 7.45. The molecule has 0 saturated carbocycles. The molecule has 11 heteroatoms. The van der Waals surface area contributed by atoms with Crippen molar-refractivity contribution < 1.29 is 23.7 Å². The number of nitro benzene ring substituents is 2. The molecule has 2 aliphatic carbocycles. The van der Waals surface area contributed by atoms with Crippen molar-refractivity contribution in [3.05, 3.63) is 32.4 Å². The molecule has 0 aliphatic heterocycles. The van der Waals surface area contributed by atoms with E-state index < -0.39 is 9.85 Å². The lowest BCUT2D eigenvalue weighted by molar-refractivity contribution is -0.424. The van der Waals surface area contributed by atoms with Crippen LogP contribution in [0.2, 0.25) is 0 Å². The summed E-state index contributed by atoms with van der Waals surface area (Å²) in [6.07, 6.45) is 0. The van der Waals surface area contributed by atoms with Gasteiger partial charge in [-0.15, -0.1) is 0 Å². The average Bonchev–Trinajstić information content (AvgIpc) is 2.41. The monoisotopic (exact) mass is 336 g/mol. The van der Waals surface area contributed by atoms with E-state index in [1.54, 1.807) is 0 Å². The Morgan fingerprint density at radius 2 is 1.33 bits per heavy atom. The predicted molar refractivity (Wildman–Crippen MR) is 78.9 cm³/mol. The second kappa shape index (κ2) is 8.79. The summed E-state index contributed by atoms with van der Waals surface area (Å²) in [5.41, 5.74) is 0.0633. The number of nitro groups is 2. The Hall–Kier alpha value is -1.40. The van der Waals surface area contributed by atoms with Gasteiger partial charge in [0.05, 0.1) is 34.2 Å². The Morgan fingerprint density at radius 1 is 0.952 bits per heavy atom. The maximum atomic E-state index is 10.3. The molecule has 0 unspecified atom stereocenters. The van der Waals surface area contributed by atoms with Crippen LogP contribution in [-0.2, 0) is 3.63 Å². The molecule has 0 aromatic carbocycles. The molecule has 0 fully saturated rings. The zero-order valence-corrected chi connectivity index (χ0v) is 12.3. The normalized spacial score (nSPS) is 10.6. The molecule has 0 heterocycles. The van der Waals surface area contributed by atoms with E-state index >= 15 is 0 Å². The SMILES string of the molecule is O=[N+]([O-])c1c2ccc-2c1[N+](=O)[O-].OCCSOSCCO. The number of hydrogen-bond acceptors (Lipinski definition) is 9. The maximum Gasteiger partial charge on any atom is 0.354 e. The van der Waals surface area contributed by atoms with Crippen LogP contribution in [-0.4, -0.2) is 44.8 Å². The van der Waals surface area contributed by atoms with Crippen molar-refractivity contribution in [3.8, 4) is 11.1 Å². The molecule has 2 rings (SSSR count). The number of nitrogens with zero attached hydrogens (tertiary/aromatic N) is 2. The second-order valence-corrected chi connectivity index (χ2v) is 5.36. The molecule has 0 aromatic heterocycles. The van der Waals surface area contributed by atoms with E-state index in [1.807, 2.05) is 0 Å². The Kier molecular flexibility index (Phi) is 7.39. The fraction of sp³-hybridized carbons (Fsp3) is 0.400. The summed E-state index contributed by atoms with van der Waals surface area (Å²) >= 11 is 2.39. The molecular formula is C10H12N2O7S2. The molecule has 21 heavy (non-hydrogen) atoms. The van der Waals surface area contributed by atoms with Crippen molar-refractivity contribution in [2.24, 2.45) is 0 Å². The van der Waals surface area contributed by atoms with Crippen molar-refractivity contribution in [2.45, 2.75) is 0 Å². The molecule has 116 valence electrons. The first kappa shape index (κ1) is 17.7. The third kappa shape index (κ3) is 4.54. The van der Waals surface area contributed by atoms with Gasteiger partial charge in [-0.3, -0.25) is 20.2 Å². The highest BCUT2D eigenvalue weighted by Gasteiger charge is 2.43. The van der Waals surface area contributed by atoms with Gasteiger partial charge in [0, 0.05) is 35.6 Å². The summed E-state index contributed by atoms with van der Waals surface area (Å²) in [5, 5.41) is 37.0. The smallest absolute Gasteiger partial charge is 0.354 e. The second-order valence-electron chi connectivity index (χ2n) is 3.53. The molecule has 0 amide bonds. The van der Waals surface area contributed by atoms with Crippen molar-refractivity contribution in [2.75, 3.05) is 24.7 Å². The fourth-order valence-electron chi connectivity index (χ4n) is 1.40. The minimum atomic E-state index is -0.722. The number of benzene rings is 1. The van der Waals surface area contributed by atoms with Crippen LogP contribution < -0.4 is 0 Å². The molecule has 0 saturated heterocycles. The fourth-order valence-corrected chi connectivity index (χ4v) is 2.37. The minimum Gasteiger partial charge on any atom is -0.395 e.